The van der Waals surface area contributed by atoms with Crippen LogP contribution in [0, 0.1) is 12.8 Å². The number of nitrogens with zero attached hydrogens (tertiary/aromatic N) is 1. The summed E-state index contributed by atoms with van der Waals surface area (Å²) in [5.74, 6) is -0.145. The first-order valence-electron chi connectivity index (χ1n) is 8.44. The second kappa shape index (κ2) is 8.08. The Morgan fingerprint density at radius 1 is 1.23 bits per heavy atom. The van der Waals surface area contributed by atoms with E-state index < -0.39 is 10.0 Å². The molecule has 2 heterocycles. The van der Waals surface area contributed by atoms with Gasteiger partial charge in [-0.25, -0.2) is 8.42 Å². The zero-order valence-electron chi connectivity index (χ0n) is 14.4. The number of thiophene rings is 1. The van der Waals surface area contributed by atoms with Crippen molar-refractivity contribution in [2.24, 2.45) is 5.92 Å². The van der Waals surface area contributed by atoms with Gasteiger partial charge in [-0.1, -0.05) is 11.6 Å². The van der Waals surface area contributed by atoms with Crippen molar-refractivity contribution in [1.29, 1.82) is 0 Å². The summed E-state index contributed by atoms with van der Waals surface area (Å²) in [6.45, 7) is 3.26. The van der Waals surface area contributed by atoms with E-state index >= 15 is 0 Å². The van der Waals surface area contributed by atoms with Crippen LogP contribution < -0.4 is 5.32 Å². The van der Waals surface area contributed by atoms with Crippen LogP contribution in [0.1, 0.15) is 23.3 Å². The number of carbonyl (C=O) groups excluding carboxylic acids is 1. The molecule has 0 atom stereocenters. The number of rotatable bonds is 5. The summed E-state index contributed by atoms with van der Waals surface area (Å²) in [6.07, 6.45) is 1.06. The fourth-order valence-corrected chi connectivity index (χ4v) is 5.45. The largest absolute Gasteiger partial charge is 0.351 e. The van der Waals surface area contributed by atoms with Crippen molar-refractivity contribution in [2.45, 2.75) is 31.2 Å². The lowest BCUT2D eigenvalue weighted by molar-refractivity contribution is -0.126. The van der Waals surface area contributed by atoms with Crippen molar-refractivity contribution in [3.8, 4) is 0 Å². The van der Waals surface area contributed by atoms with Crippen molar-refractivity contribution in [2.75, 3.05) is 13.1 Å². The molecule has 3 rings (SSSR count). The average Bonchev–Trinajstić information content (AvgIpc) is 3.05. The Kier molecular flexibility index (Phi) is 6.02. The second-order valence-corrected chi connectivity index (χ2v) is 9.75. The summed E-state index contributed by atoms with van der Waals surface area (Å²) in [6, 6.07) is 8.20. The first-order chi connectivity index (χ1) is 12.4. The number of hydrogen-bond donors (Lipinski definition) is 1. The van der Waals surface area contributed by atoms with Gasteiger partial charge in [0.2, 0.25) is 15.9 Å². The molecule has 1 aromatic heterocycles. The van der Waals surface area contributed by atoms with E-state index in [0.29, 0.717) is 37.5 Å². The predicted octanol–water partition coefficient (Wildman–Crippen LogP) is 3.43. The molecule has 26 heavy (non-hydrogen) atoms. The number of halogens is 1. The van der Waals surface area contributed by atoms with Crippen LogP contribution in [-0.4, -0.2) is 31.7 Å². The minimum absolute atomic E-state index is 0.00124. The van der Waals surface area contributed by atoms with Gasteiger partial charge in [-0.2, -0.15) is 4.31 Å². The molecule has 1 aliphatic rings. The Labute approximate surface area is 163 Å². The molecule has 140 valence electrons. The molecular weight excluding hydrogens is 392 g/mol. The fourth-order valence-electron chi connectivity index (χ4n) is 3.01. The molecule has 1 aliphatic heterocycles. The summed E-state index contributed by atoms with van der Waals surface area (Å²) in [5.41, 5.74) is 1.18. The van der Waals surface area contributed by atoms with Gasteiger partial charge in [0.05, 0.1) is 11.4 Å². The number of sulfonamides is 1. The van der Waals surface area contributed by atoms with E-state index in [2.05, 4.69) is 5.32 Å². The number of amides is 1. The van der Waals surface area contributed by atoms with Gasteiger partial charge in [0.1, 0.15) is 0 Å². The summed E-state index contributed by atoms with van der Waals surface area (Å²) < 4.78 is 26.8. The zero-order chi connectivity index (χ0) is 18.7. The van der Waals surface area contributed by atoms with Gasteiger partial charge < -0.3 is 5.32 Å². The predicted molar refractivity (Wildman–Crippen MR) is 104 cm³/mol. The van der Waals surface area contributed by atoms with E-state index in [9.17, 15) is 13.2 Å². The normalized spacial score (nSPS) is 16.5. The molecule has 1 aromatic carbocycles. The van der Waals surface area contributed by atoms with E-state index in [4.69, 9.17) is 11.6 Å². The molecule has 5 nitrogen and oxygen atoms in total. The average molecular weight is 413 g/mol. The fraction of sp³-hybridized carbons (Fsp3) is 0.389. The molecule has 1 amide bonds. The summed E-state index contributed by atoms with van der Waals surface area (Å²) in [4.78, 5) is 13.8. The minimum Gasteiger partial charge on any atom is -0.351 e. The van der Waals surface area contributed by atoms with Crippen molar-refractivity contribution in [1.82, 2.24) is 9.62 Å². The highest BCUT2D eigenvalue weighted by Crippen LogP contribution is 2.25. The first kappa shape index (κ1) is 19.4. The lowest BCUT2D eigenvalue weighted by Crippen LogP contribution is -2.42. The number of nitrogens with one attached hydrogen (secondary N) is 1. The summed E-state index contributed by atoms with van der Waals surface area (Å²) in [5, 5.41) is 5.49. The maximum absolute atomic E-state index is 12.7. The summed E-state index contributed by atoms with van der Waals surface area (Å²) >= 11 is 7.45. The van der Waals surface area contributed by atoms with Crippen LogP contribution in [0.5, 0.6) is 0 Å². The van der Waals surface area contributed by atoms with E-state index in [1.165, 1.54) is 22.0 Å². The SMILES string of the molecule is Cc1ccsc1CNC(=O)C1CCN(S(=O)(=O)c2ccc(Cl)cc2)CC1. The molecule has 0 spiro atoms. The Morgan fingerprint density at radius 3 is 2.46 bits per heavy atom. The quantitative estimate of drug-likeness (QED) is 0.818. The van der Waals surface area contributed by atoms with Gasteiger partial charge in [-0.3, -0.25) is 4.79 Å². The zero-order valence-corrected chi connectivity index (χ0v) is 16.8. The molecule has 0 saturated carbocycles. The Balaban J connectivity index is 1.55. The van der Waals surface area contributed by atoms with Gasteiger partial charge in [0.25, 0.3) is 0 Å². The Hall–Kier alpha value is -1.41. The topological polar surface area (TPSA) is 66.5 Å². The monoisotopic (exact) mass is 412 g/mol. The highest BCUT2D eigenvalue weighted by Gasteiger charge is 2.32. The third-order valence-corrected chi connectivity index (χ3v) is 7.86. The third kappa shape index (κ3) is 4.28. The van der Waals surface area contributed by atoms with Crippen LogP contribution in [0.25, 0.3) is 0 Å². The molecule has 0 unspecified atom stereocenters. The van der Waals surface area contributed by atoms with Gasteiger partial charge in [0.15, 0.2) is 0 Å². The van der Waals surface area contributed by atoms with Crippen LogP contribution in [0.15, 0.2) is 40.6 Å². The molecule has 2 aromatic rings. The van der Waals surface area contributed by atoms with Crippen molar-refractivity contribution in [3.05, 3.63) is 51.2 Å². The van der Waals surface area contributed by atoms with E-state index in [-0.39, 0.29) is 16.7 Å². The van der Waals surface area contributed by atoms with Crippen LogP contribution in [0.2, 0.25) is 5.02 Å². The van der Waals surface area contributed by atoms with Gasteiger partial charge in [0, 0.05) is 28.9 Å². The number of aryl methyl sites for hydroxylation is 1. The van der Waals surface area contributed by atoms with E-state index in [1.807, 2.05) is 18.4 Å². The minimum atomic E-state index is -3.54. The van der Waals surface area contributed by atoms with Crippen LogP contribution >= 0.6 is 22.9 Å². The third-order valence-electron chi connectivity index (χ3n) is 4.67. The van der Waals surface area contributed by atoms with Gasteiger partial charge >= 0.3 is 0 Å². The van der Waals surface area contributed by atoms with Crippen molar-refractivity contribution >= 4 is 38.9 Å². The van der Waals surface area contributed by atoms with Crippen LogP contribution in [0.4, 0.5) is 0 Å². The molecule has 0 aliphatic carbocycles. The molecule has 1 saturated heterocycles. The summed E-state index contributed by atoms with van der Waals surface area (Å²) in [7, 11) is -3.54. The molecule has 0 radical (unpaired) electrons. The number of benzene rings is 1. The number of carbonyl (C=O) groups is 1. The second-order valence-electron chi connectivity index (χ2n) is 6.38. The molecule has 8 heteroatoms. The molecular formula is C18H21ClN2O3S2. The van der Waals surface area contributed by atoms with Crippen LogP contribution in [0.3, 0.4) is 0 Å². The number of piperidine rings is 1. The number of hydrogen-bond acceptors (Lipinski definition) is 4. The highest BCUT2D eigenvalue weighted by atomic mass is 35.5. The van der Waals surface area contributed by atoms with Gasteiger partial charge in [-0.15, -0.1) is 11.3 Å². The lowest BCUT2D eigenvalue weighted by atomic mass is 9.97. The van der Waals surface area contributed by atoms with E-state index in [1.54, 1.807) is 23.5 Å². The Bertz CT molecular complexity index is 870. The first-order valence-corrected chi connectivity index (χ1v) is 11.1. The highest BCUT2D eigenvalue weighted by molar-refractivity contribution is 7.89. The van der Waals surface area contributed by atoms with Crippen LogP contribution in [-0.2, 0) is 21.4 Å². The van der Waals surface area contributed by atoms with E-state index in [0.717, 1.165) is 4.88 Å². The molecule has 0 bridgehead atoms. The maximum Gasteiger partial charge on any atom is 0.243 e. The Morgan fingerprint density at radius 2 is 1.88 bits per heavy atom. The standard InChI is InChI=1S/C18H21ClN2O3S2/c1-13-8-11-25-17(13)12-20-18(22)14-6-9-21(10-7-14)26(23,24)16-4-2-15(19)3-5-16/h2-5,8,11,14H,6-7,9-10,12H2,1H3,(H,20,22). The lowest BCUT2D eigenvalue weighted by Gasteiger charge is -2.30. The van der Waals surface area contributed by atoms with Crippen molar-refractivity contribution in [3.63, 3.8) is 0 Å². The molecule has 1 fully saturated rings. The molecule has 1 N–H and O–H groups in total. The van der Waals surface area contributed by atoms with Gasteiger partial charge in [-0.05, 0) is 61.0 Å². The maximum atomic E-state index is 12.7. The van der Waals surface area contributed by atoms with Crippen molar-refractivity contribution < 1.29 is 13.2 Å². The smallest absolute Gasteiger partial charge is 0.243 e.